The molecule has 0 fully saturated rings. The largest absolute Gasteiger partial charge is 0.288 e. The maximum absolute atomic E-state index is 12.7. The lowest BCUT2D eigenvalue weighted by Crippen LogP contribution is -2.03. The first-order valence-electron chi connectivity index (χ1n) is 6.83. The van der Waals surface area contributed by atoms with Gasteiger partial charge in [0.25, 0.3) is 0 Å². The van der Waals surface area contributed by atoms with Gasteiger partial charge in [-0.3, -0.25) is 9.89 Å². The summed E-state index contributed by atoms with van der Waals surface area (Å²) in [4.78, 5) is 13.6. The second-order valence-electron chi connectivity index (χ2n) is 4.92. The Hall–Kier alpha value is -1.75. The van der Waals surface area contributed by atoms with E-state index in [4.69, 9.17) is 23.2 Å². The summed E-state index contributed by atoms with van der Waals surface area (Å²) >= 11 is 13.4. The first kappa shape index (κ1) is 16.1. The molecular weight excluding hydrogens is 351 g/mol. The van der Waals surface area contributed by atoms with E-state index in [0.717, 1.165) is 4.90 Å². The predicted molar refractivity (Wildman–Crippen MR) is 93.8 cm³/mol. The summed E-state index contributed by atoms with van der Waals surface area (Å²) in [6.45, 7) is 1.81. The highest BCUT2D eigenvalue weighted by Gasteiger charge is 2.20. The lowest BCUT2D eigenvalue weighted by molar-refractivity contribution is 0.103. The number of carbonyl (C=O) groups excluding carboxylic acids is 1. The quantitative estimate of drug-likeness (QED) is 0.631. The number of aryl methyl sites for hydroxylation is 1. The van der Waals surface area contributed by atoms with Gasteiger partial charge in [0, 0.05) is 20.5 Å². The van der Waals surface area contributed by atoms with Crippen LogP contribution in [0.15, 0.2) is 58.5 Å². The lowest BCUT2D eigenvalue weighted by atomic mass is 10.0. The van der Waals surface area contributed by atoms with E-state index >= 15 is 0 Å². The van der Waals surface area contributed by atoms with Crippen molar-refractivity contribution in [2.45, 2.75) is 16.8 Å². The predicted octanol–water partition coefficient (Wildman–Crippen LogP) is 5.41. The number of aromatic amines is 1. The normalized spacial score (nSPS) is 10.7. The van der Waals surface area contributed by atoms with Crippen molar-refractivity contribution in [3.8, 4) is 0 Å². The molecule has 3 rings (SSSR count). The number of ketones is 1. The molecule has 0 unspecified atom stereocenters. The van der Waals surface area contributed by atoms with Crippen LogP contribution in [-0.4, -0.2) is 16.0 Å². The van der Waals surface area contributed by atoms with Crippen molar-refractivity contribution in [3.05, 3.63) is 75.4 Å². The summed E-state index contributed by atoms with van der Waals surface area (Å²) in [5, 5.41) is 8.86. The number of H-pyrrole nitrogens is 1. The molecule has 0 spiro atoms. The van der Waals surface area contributed by atoms with Gasteiger partial charge in [0.2, 0.25) is 0 Å². The minimum atomic E-state index is -0.0625. The molecule has 116 valence electrons. The maximum Gasteiger partial charge on any atom is 0.197 e. The molecule has 0 aliphatic heterocycles. The van der Waals surface area contributed by atoms with Gasteiger partial charge in [-0.05, 0) is 25.1 Å². The summed E-state index contributed by atoms with van der Waals surface area (Å²) in [5.41, 5.74) is 1.86. The fourth-order valence-electron chi connectivity index (χ4n) is 2.19. The molecule has 0 saturated heterocycles. The van der Waals surface area contributed by atoms with Gasteiger partial charge >= 0.3 is 0 Å². The number of aromatic nitrogens is 2. The standard InChI is InChI=1S/C17H12Cl2N2OS/c1-10-15(16(22)11-5-3-2-4-6-11)17(21-20-10)23-14-8-12(18)7-13(19)9-14/h2-9H,1H3,(H,20,21). The molecule has 2 aromatic carbocycles. The first-order chi connectivity index (χ1) is 11.0. The number of halogens is 2. The highest BCUT2D eigenvalue weighted by Crippen LogP contribution is 2.34. The van der Waals surface area contributed by atoms with Crippen LogP contribution in [0.4, 0.5) is 0 Å². The molecule has 0 amide bonds. The summed E-state index contributed by atoms with van der Waals surface area (Å²) in [7, 11) is 0. The van der Waals surface area contributed by atoms with Crippen LogP contribution >= 0.6 is 35.0 Å². The number of nitrogens with zero attached hydrogens (tertiary/aromatic N) is 1. The minimum Gasteiger partial charge on any atom is -0.288 e. The van der Waals surface area contributed by atoms with Gasteiger partial charge < -0.3 is 0 Å². The molecule has 6 heteroatoms. The van der Waals surface area contributed by atoms with Crippen molar-refractivity contribution < 1.29 is 4.79 Å². The Balaban J connectivity index is 1.97. The Morgan fingerprint density at radius 3 is 2.39 bits per heavy atom. The zero-order chi connectivity index (χ0) is 16.4. The smallest absolute Gasteiger partial charge is 0.197 e. The number of rotatable bonds is 4. The third-order valence-electron chi connectivity index (χ3n) is 3.23. The molecule has 0 aliphatic carbocycles. The number of nitrogens with one attached hydrogen (secondary N) is 1. The van der Waals surface area contributed by atoms with E-state index < -0.39 is 0 Å². The molecule has 0 bridgehead atoms. The number of benzene rings is 2. The molecule has 3 nitrogen and oxygen atoms in total. The fourth-order valence-corrected chi connectivity index (χ4v) is 3.89. The van der Waals surface area contributed by atoms with Gasteiger partial charge in [-0.25, -0.2) is 0 Å². The monoisotopic (exact) mass is 362 g/mol. The molecule has 3 aromatic rings. The number of hydrogen-bond donors (Lipinski definition) is 1. The Labute approximate surface area is 148 Å². The van der Waals surface area contributed by atoms with Crippen molar-refractivity contribution in [1.29, 1.82) is 0 Å². The van der Waals surface area contributed by atoms with Crippen molar-refractivity contribution in [2.75, 3.05) is 0 Å². The van der Waals surface area contributed by atoms with Crippen LogP contribution in [-0.2, 0) is 0 Å². The summed E-state index contributed by atoms with van der Waals surface area (Å²) < 4.78 is 0. The topological polar surface area (TPSA) is 45.8 Å². The van der Waals surface area contributed by atoms with Crippen LogP contribution in [0.2, 0.25) is 10.0 Å². The van der Waals surface area contributed by atoms with Crippen LogP contribution in [0.1, 0.15) is 21.6 Å². The van der Waals surface area contributed by atoms with Crippen molar-refractivity contribution in [1.82, 2.24) is 10.2 Å². The van der Waals surface area contributed by atoms with E-state index in [2.05, 4.69) is 10.2 Å². The van der Waals surface area contributed by atoms with Crippen LogP contribution in [0.25, 0.3) is 0 Å². The fraction of sp³-hybridized carbons (Fsp3) is 0.0588. The number of carbonyl (C=O) groups is 1. The zero-order valence-electron chi connectivity index (χ0n) is 12.1. The Morgan fingerprint density at radius 1 is 1.09 bits per heavy atom. The first-order valence-corrected chi connectivity index (χ1v) is 8.40. The van der Waals surface area contributed by atoms with Crippen LogP contribution < -0.4 is 0 Å². The summed E-state index contributed by atoms with van der Waals surface area (Å²) in [6.07, 6.45) is 0. The second kappa shape index (κ2) is 6.79. The molecule has 1 aromatic heterocycles. The van der Waals surface area contributed by atoms with E-state index in [1.165, 1.54) is 11.8 Å². The van der Waals surface area contributed by atoms with Gasteiger partial charge in [0.1, 0.15) is 5.03 Å². The highest BCUT2D eigenvalue weighted by atomic mass is 35.5. The molecule has 1 heterocycles. The molecule has 23 heavy (non-hydrogen) atoms. The highest BCUT2D eigenvalue weighted by molar-refractivity contribution is 7.99. The van der Waals surface area contributed by atoms with Gasteiger partial charge in [-0.1, -0.05) is 65.3 Å². The second-order valence-corrected chi connectivity index (χ2v) is 6.87. The third-order valence-corrected chi connectivity index (χ3v) is 4.64. The molecule has 0 radical (unpaired) electrons. The average Bonchev–Trinajstić information content (AvgIpc) is 2.87. The van der Waals surface area contributed by atoms with Crippen LogP contribution in [0.5, 0.6) is 0 Å². The molecule has 0 atom stereocenters. The van der Waals surface area contributed by atoms with E-state index in [1.54, 1.807) is 30.3 Å². The molecule has 0 saturated carbocycles. The van der Waals surface area contributed by atoms with Crippen molar-refractivity contribution in [3.63, 3.8) is 0 Å². The Kier molecular flexibility index (Phi) is 4.76. The van der Waals surface area contributed by atoms with Crippen molar-refractivity contribution in [2.24, 2.45) is 0 Å². The van der Waals surface area contributed by atoms with Crippen molar-refractivity contribution >= 4 is 40.7 Å². The van der Waals surface area contributed by atoms with Gasteiger partial charge in [0.15, 0.2) is 5.78 Å². The Bertz CT molecular complexity index is 842. The molecule has 0 aliphatic rings. The van der Waals surface area contributed by atoms with Gasteiger partial charge in [-0.2, -0.15) is 5.10 Å². The average molecular weight is 363 g/mol. The minimum absolute atomic E-state index is 0.0625. The zero-order valence-corrected chi connectivity index (χ0v) is 14.5. The maximum atomic E-state index is 12.7. The van der Waals surface area contributed by atoms with E-state index in [-0.39, 0.29) is 5.78 Å². The van der Waals surface area contributed by atoms with Crippen LogP contribution in [0.3, 0.4) is 0 Å². The van der Waals surface area contributed by atoms with Gasteiger partial charge in [0.05, 0.1) is 11.3 Å². The van der Waals surface area contributed by atoms with Crippen LogP contribution in [0, 0.1) is 6.92 Å². The number of hydrogen-bond acceptors (Lipinski definition) is 3. The van der Waals surface area contributed by atoms with E-state index in [0.29, 0.717) is 31.9 Å². The molecule has 1 N–H and O–H groups in total. The molecular formula is C17H12Cl2N2OS. The Morgan fingerprint density at radius 2 is 1.74 bits per heavy atom. The lowest BCUT2D eigenvalue weighted by Gasteiger charge is -2.05. The summed E-state index contributed by atoms with van der Waals surface area (Å²) in [6, 6.07) is 14.4. The summed E-state index contributed by atoms with van der Waals surface area (Å²) in [5.74, 6) is -0.0625. The van der Waals surface area contributed by atoms with Gasteiger partial charge in [-0.15, -0.1) is 0 Å². The third kappa shape index (κ3) is 3.61. The van der Waals surface area contributed by atoms with E-state index in [9.17, 15) is 4.79 Å². The SMILES string of the molecule is Cc1n[nH]c(Sc2cc(Cl)cc(Cl)c2)c1C(=O)c1ccccc1. The van der Waals surface area contributed by atoms with E-state index in [1.807, 2.05) is 25.1 Å².